The molecule has 5 nitrogen and oxygen atoms in total. The number of hydrogen-bond donors (Lipinski definition) is 1. The van der Waals surface area contributed by atoms with Crippen LogP contribution in [-0.4, -0.2) is 45.7 Å². The average Bonchev–Trinajstić information content (AvgIpc) is 3.09. The summed E-state index contributed by atoms with van der Waals surface area (Å²) >= 11 is 0. The molecule has 0 unspecified atom stereocenters. The van der Waals surface area contributed by atoms with Crippen LogP contribution in [0.25, 0.3) is 10.9 Å². The van der Waals surface area contributed by atoms with Crippen molar-refractivity contribution in [3.8, 4) is 0 Å². The van der Waals surface area contributed by atoms with Crippen LogP contribution in [0.2, 0.25) is 0 Å². The van der Waals surface area contributed by atoms with Crippen LogP contribution in [0, 0.1) is 5.92 Å². The predicted molar refractivity (Wildman–Crippen MR) is 110 cm³/mol. The summed E-state index contributed by atoms with van der Waals surface area (Å²) in [6.45, 7) is 5.64. The number of aromatic nitrogens is 1. The number of carbonyl (C=O) groups is 2. The van der Waals surface area contributed by atoms with Crippen LogP contribution in [0.15, 0.2) is 60.8 Å². The lowest BCUT2D eigenvalue weighted by molar-refractivity contribution is -0.142. The summed E-state index contributed by atoms with van der Waals surface area (Å²) in [5.41, 5.74) is 2.75. The highest BCUT2D eigenvalue weighted by Gasteiger charge is 2.39. The number of carbonyl (C=O) groups excluding carboxylic acids is 2. The zero-order valence-electron chi connectivity index (χ0n) is 16.3. The van der Waals surface area contributed by atoms with Gasteiger partial charge >= 0.3 is 0 Å². The van der Waals surface area contributed by atoms with E-state index in [1.165, 1.54) is 0 Å². The van der Waals surface area contributed by atoms with Gasteiger partial charge < -0.3 is 14.8 Å². The fourth-order valence-electron chi connectivity index (χ4n) is 3.75. The summed E-state index contributed by atoms with van der Waals surface area (Å²) in [5.74, 6) is -0.0113. The van der Waals surface area contributed by atoms with Crippen molar-refractivity contribution >= 4 is 22.7 Å². The predicted octanol–water partition coefficient (Wildman–Crippen LogP) is 3.68. The van der Waals surface area contributed by atoms with E-state index in [-0.39, 0.29) is 23.8 Å². The Balaban J connectivity index is 1.42. The van der Waals surface area contributed by atoms with Gasteiger partial charge in [-0.05, 0) is 25.5 Å². The number of likely N-dealkylation sites (tertiary alicyclic amines) is 1. The molecule has 1 N–H and O–H groups in total. The lowest BCUT2D eigenvalue weighted by Crippen LogP contribution is -2.57. The van der Waals surface area contributed by atoms with Crippen molar-refractivity contribution < 1.29 is 9.59 Å². The average molecular weight is 375 g/mol. The molecule has 0 bridgehead atoms. The van der Waals surface area contributed by atoms with Crippen LogP contribution < -0.4 is 0 Å². The topological polar surface area (TPSA) is 56.4 Å². The summed E-state index contributed by atoms with van der Waals surface area (Å²) in [6.07, 6.45) is 1.76. The van der Waals surface area contributed by atoms with E-state index in [1.807, 2.05) is 73.3 Å². The van der Waals surface area contributed by atoms with Gasteiger partial charge in [-0.15, -0.1) is 0 Å². The van der Waals surface area contributed by atoms with Crippen molar-refractivity contribution in [3.05, 3.63) is 71.9 Å². The van der Waals surface area contributed by atoms with Gasteiger partial charge in [-0.2, -0.15) is 0 Å². The normalized spacial score (nSPS) is 14.3. The number of nitrogens with zero attached hydrogens (tertiary/aromatic N) is 2. The van der Waals surface area contributed by atoms with E-state index in [0.29, 0.717) is 25.2 Å². The highest BCUT2D eigenvalue weighted by atomic mass is 16.2. The molecule has 0 spiro atoms. The second-order valence-electron chi connectivity index (χ2n) is 7.70. The van der Waals surface area contributed by atoms with E-state index >= 15 is 0 Å². The molecule has 2 heterocycles. The lowest BCUT2D eigenvalue weighted by Gasteiger charge is -2.41. The van der Waals surface area contributed by atoms with Crippen molar-refractivity contribution in [2.75, 3.05) is 13.1 Å². The third kappa shape index (κ3) is 3.40. The maximum absolute atomic E-state index is 13.0. The SMILES string of the molecule is CC(C)N(Cc1ccccc1)C(=O)C1CN(C(=O)c2c[nH]c3ccccc23)C1. The first-order valence-corrected chi connectivity index (χ1v) is 9.74. The van der Waals surface area contributed by atoms with Gasteiger partial charge in [0.15, 0.2) is 0 Å². The molecule has 2 amide bonds. The Kier molecular flexibility index (Phi) is 4.90. The Bertz CT molecular complexity index is 987. The monoisotopic (exact) mass is 375 g/mol. The molecule has 0 radical (unpaired) electrons. The van der Waals surface area contributed by atoms with Crippen molar-refractivity contribution in [1.29, 1.82) is 0 Å². The first-order valence-electron chi connectivity index (χ1n) is 9.74. The van der Waals surface area contributed by atoms with E-state index in [4.69, 9.17) is 0 Å². The zero-order valence-corrected chi connectivity index (χ0v) is 16.3. The summed E-state index contributed by atoms with van der Waals surface area (Å²) in [7, 11) is 0. The van der Waals surface area contributed by atoms with Gasteiger partial charge in [-0.25, -0.2) is 0 Å². The van der Waals surface area contributed by atoms with Crippen molar-refractivity contribution in [1.82, 2.24) is 14.8 Å². The number of benzene rings is 2. The molecule has 2 aromatic carbocycles. The highest BCUT2D eigenvalue weighted by molar-refractivity contribution is 6.07. The Labute approximate surface area is 165 Å². The second-order valence-corrected chi connectivity index (χ2v) is 7.70. The van der Waals surface area contributed by atoms with Gasteiger partial charge in [0.1, 0.15) is 0 Å². The largest absolute Gasteiger partial charge is 0.360 e. The third-order valence-electron chi connectivity index (χ3n) is 5.44. The number of para-hydroxylation sites is 1. The highest BCUT2D eigenvalue weighted by Crippen LogP contribution is 2.26. The first-order chi connectivity index (χ1) is 13.5. The van der Waals surface area contributed by atoms with Crippen LogP contribution in [0.1, 0.15) is 29.8 Å². The lowest BCUT2D eigenvalue weighted by atomic mass is 9.96. The number of aromatic amines is 1. The van der Waals surface area contributed by atoms with Crippen molar-refractivity contribution in [2.45, 2.75) is 26.4 Å². The van der Waals surface area contributed by atoms with Crippen LogP contribution in [0.5, 0.6) is 0 Å². The van der Waals surface area contributed by atoms with E-state index in [1.54, 1.807) is 11.1 Å². The fraction of sp³-hybridized carbons (Fsp3) is 0.304. The molecule has 144 valence electrons. The molecular formula is C23H25N3O2. The zero-order chi connectivity index (χ0) is 19.7. The molecule has 0 aliphatic carbocycles. The van der Waals surface area contributed by atoms with Gasteiger partial charge in [-0.3, -0.25) is 9.59 Å². The molecule has 1 saturated heterocycles. The van der Waals surface area contributed by atoms with E-state index in [0.717, 1.165) is 16.5 Å². The van der Waals surface area contributed by atoms with Crippen LogP contribution in [-0.2, 0) is 11.3 Å². The molecule has 3 aromatic rings. The number of fused-ring (bicyclic) bond motifs is 1. The van der Waals surface area contributed by atoms with Gasteiger partial charge in [0, 0.05) is 42.8 Å². The number of amides is 2. The van der Waals surface area contributed by atoms with Crippen molar-refractivity contribution in [3.63, 3.8) is 0 Å². The minimum Gasteiger partial charge on any atom is -0.360 e. The number of hydrogen-bond acceptors (Lipinski definition) is 2. The fourth-order valence-corrected chi connectivity index (χ4v) is 3.75. The number of H-pyrrole nitrogens is 1. The van der Waals surface area contributed by atoms with Gasteiger partial charge in [0.2, 0.25) is 5.91 Å². The maximum Gasteiger partial charge on any atom is 0.256 e. The molecule has 0 saturated carbocycles. The van der Waals surface area contributed by atoms with Crippen LogP contribution in [0.4, 0.5) is 0 Å². The quantitative estimate of drug-likeness (QED) is 0.740. The molecule has 1 aromatic heterocycles. The molecular weight excluding hydrogens is 350 g/mol. The van der Waals surface area contributed by atoms with Gasteiger partial charge in [0.25, 0.3) is 5.91 Å². The standard InChI is InChI=1S/C23H25N3O2/c1-16(2)26(13-17-8-4-3-5-9-17)22(27)18-14-25(15-18)23(28)20-12-24-21-11-7-6-10-19(20)21/h3-12,16,18,24H,13-15H2,1-2H3. The summed E-state index contributed by atoms with van der Waals surface area (Å²) < 4.78 is 0. The number of nitrogens with one attached hydrogen (secondary N) is 1. The molecule has 1 fully saturated rings. The Morgan fingerprint density at radius 3 is 2.46 bits per heavy atom. The van der Waals surface area contributed by atoms with E-state index in [2.05, 4.69) is 4.98 Å². The smallest absolute Gasteiger partial charge is 0.256 e. The van der Waals surface area contributed by atoms with Gasteiger partial charge in [0.05, 0.1) is 11.5 Å². The maximum atomic E-state index is 13.0. The Morgan fingerprint density at radius 2 is 1.75 bits per heavy atom. The molecule has 1 aliphatic rings. The van der Waals surface area contributed by atoms with E-state index < -0.39 is 0 Å². The molecule has 4 rings (SSSR count). The summed E-state index contributed by atoms with van der Waals surface area (Å²) in [5, 5.41) is 0.926. The minimum atomic E-state index is -0.125. The van der Waals surface area contributed by atoms with Crippen LogP contribution in [0.3, 0.4) is 0 Å². The minimum absolute atomic E-state index is 0.0133. The summed E-state index contributed by atoms with van der Waals surface area (Å²) in [4.78, 5) is 32.7. The summed E-state index contributed by atoms with van der Waals surface area (Å²) in [6, 6.07) is 17.9. The van der Waals surface area contributed by atoms with E-state index in [9.17, 15) is 9.59 Å². The second kappa shape index (κ2) is 7.50. The molecule has 5 heteroatoms. The Hall–Kier alpha value is -3.08. The molecule has 1 aliphatic heterocycles. The first kappa shape index (κ1) is 18.3. The number of rotatable bonds is 5. The van der Waals surface area contributed by atoms with Gasteiger partial charge in [-0.1, -0.05) is 48.5 Å². The Morgan fingerprint density at radius 1 is 1.07 bits per heavy atom. The molecule has 28 heavy (non-hydrogen) atoms. The molecule has 0 atom stereocenters. The van der Waals surface area contributed by atoms with Crippen LogP contribution >= 0.6 is 0 Å². The van der Waals surface area contributed by atoms with Crippen molar-refractivity contribution in [2.24, 2.45) is 5.92 Å². The third-order valence-corrected chi connectivity index (χ3v) is 5.44.